The van der Waals surface area contributed by atoms with Crippen LogP contribution in [0.2, 0.25) is 0 Å². The van der Waals surface area contributed by atoms with Gasteiger partial charge in [-0.05, 0) is 43.5 Å². The number of benzene rings is 1. The molecule has 88 valence electrons. The molecule has 0 aromatic heterocycles. The van der Waals surface area contributed by atoms with Gasteiger partial charge in [0.2, 0.25) is 0 Å². The van der Waals surface area contributed by atoms with Crippen LogP contribution >= 0.6 is 0 Å². The molecule has 2 rings (SSSR count). The first-order valence-electron chi connectivity index (χ1n) is 6.19. The van der Waals surface area contributed by atoms with E-state index in [1.54, 1.807) is 7.11 Å². The predicted molar refractivity (Wildman–Crippen MR) is 66.9 cm³/mol. The third-order valence-corrected chi connectivity index (χ3v) is 3.38. The van der Waals surface area contributed by atoms with Crippen molar-refractivity contribution in [2.75, 3.05) is 13.7 Å². The minimum Gasteiger partial charge on any atom is -0.496 e. The highest BCUT2D eigenvalue weighted by atomic mass is 16.5. The molecule has 16 heavy (non-hydrogen) atoms. The molecule has 0 saturated carbocycles. The Balaban J connectivity index is 2.16. The number of nitrogens with one attached hydrogen (secondary N) is 1. The molecule has 1 heterocycles. The average molecular weight is 219 g/mol. The van der Waals surface area contributed by atoms with Gasteiger partial charge in [0.1, 0.15) is 5.75 Å². The van der Waals surface area contributed by atoms with Crippen LogP contribution in [0, 0.1) is 6.92 Å². The third kappa shape index (κ3) is 2.56. The standard InChI is InChI=1S/C14H21NO/c1-11-10-12(7-8-14(11)16-2)13-6-4-3-5-9-15-13/h7-8,10,13,15H,3-6,9H2,1-2H3. The van der Waals surface area contributed by atoms with E-state index in [9.17, 15) is 0 Å². The molecule has 2 nitrogen and oxygen atoms in total. The summed E-state index contributed by atoms with van der Waals surface area (Å²) >= 11 is 0. The van der Waals surface area contributed by atoms with Crippen LogP contribution in [-0.4, -0.2) is 13.7 Å². The van der Waals surface area contributed by atoms with Crippen molar-refractivity contribution in [2.45, 2.75) is 38.6 Å². The van der Waals surface area contributed by atoms with Crippen LogP contribution < -0.4 is 10.1 Å². The Hall–Kier alpha value is -1.02. The van der Waals surface area contributed by atoms with Gasteiger partial charge in [0.15, 0.2) is 0 Å². The third-order valence-electron chi connectivity index (χ3n) is 3.38. The molecule has 1 saturated heterocycles. The molecular weight excluding hydrogens is 198 g/mol. The van der Waals surface area contributed by atoms with Gasteiger partial charge in [-0.2, -0.15) is 0 Å². The number of hydrogen-bond donors (Lipinski definition) is 1. The highest BCUT2D eigenvalue weighted by Crippen LogP contribution is 2.26. The summed E-state index contributed by atoms with van der Waals surface area (Å²) in [5.41, 5.74) is 2.63. The van der Waals surface area contributed by atoms with Crippen molar-refractivity contribution >= 4 is 0 Å². The number of hydrogen-bond acceptors (Lipinski definition) is 2. The van der Waals surface area contributed by atoms with E-state index >= 15 is 0 Å². The van der Waals surface area contributed by atoms with E-state index in [0.717, 1.165) is 12.3 Å². The predicted octanol–water partition coefficient (Wildman–Crippen LogP) is 3.21. The lowest BCUT2D eigenvalue weighted by molar-refractivity contribution is 0.411. The van der Waals surface area contributed by atoms with Crippen molar-refractivity contribution in [3.05, 3.63) is 29.3 Å². The van der Waals surface area contributed by atoms with Crippen molar-refractivity contribution in [3.8, 4) is 5.75 Å². The Bertz CT molecular complexity index is 341. The Kier molecular flexibility index (Phi) is 3.83. The van der Waals surface area contributed by atoms with Crippen LogP contribution in [0.5, 0.6) is 5.75 Å². The molecule has 0 radical (unpaired) electrons. The number of methoxy groups -OCH3 is 1. The fourth-order valence-electron chi connectivity index (χ4n) is 2.43. The van der Waals surface area contributed by atoms with Crippen LogP contribution in [0.4, 0.5) is 0 Å². The molecule has 1 atom stereocenters. The molecule has 2 heteroatoms. The average Bonchev–Trinajstić information content (AvgIpc) is 2.57. The Morgan fingerprint density at radius 3 is 2.88 bits per heavy atom. The lowest BCUT2D eigenvalue weighted by Gasteiger charge is -2.17. The van der Waals surface area contributed by atoms with E-state index < -0.39 is 0 Å². The van der Waals surface area contributed by atoms with Crippen molar-refractivity contribution in [3.63, 3.8) is 0 Å². The van der Waals surface area contributed by atoms with Gasteiger partial charge in [0.05, 0.1) is 7.11 Å². The molecule has 1 aromatic rings. The first-order chi connectivity index (χ1) is 7.81. The quantitative estimate of drug-likeness (QED) is 0.824. The molecule has 1 unspecified atom stereocenters. The Morgan fingerprint density at radius 1 is 1.25 bits per heavy atom. The smallest absolute Gasteiger partial charge is 0.121 e. The Morgan fingerprint density at radius 2 is 2.12 bits per heavy atom. The fraction of sp³-hybridized carbons (Fsp3) is 0.571. The van der Waals surface area contributed by atoms with Crippen molar-refractivity contribution in [2.24, 2.45) is 0 Å². The molecule has 1 fully saturated rings. The molecule has 0 amide bonds. The van der Waals surface area contributed by atoms with Crippen LogP contribution in [-0.2, 0) is 0 Å². The zero-order chi connectivity index (χ0) is 11.4. The monoisotopic (exact) mass is 219 g/mol. The van der Waals surface area contributed by atoms with E-state index in [-0.39, 0.29) is 0 Å². The van der Waals surface area contributed by atoms with Crippen LogP contribution in [0.25, 0.3) is 0 Å². The highest BCUT2D eigenvalue weighted by Gasteiger charge is 2.14. The number of aryl methyl sites for hydroxylation is 1. The molecule has 1 aromatic carbocycles. The maximum Gasteiger partial charge on any atom is 0.121 e. The Labute approximate surface area is 98.0 Å². The second-order valence-corrected chi connectivity index (χ2v) is 4.59. The van der Waals surface area contributed by atoms with Gasteiger partial charge in [0, 0.05) is 6.04 Å². The second-order valence-electron chi connectivity index (χ2n) is 4.59. The molecule has 1 aliphatic rings. The first kappa shape index (κ1) is 11.5. The minimum atomic E-state index is 0.534. The van der Waals surface area contributed by atoms with E-state index in [1.807, 2.05) is 0 Å². The van der Waals surface area contributed by atoms with Crippen molar-refractivity contribution in [1.29, 1.82) is 0 Å². The largest absolute Gasteiger partial charge is 0.496 e. The topological polar surface area (TPSA) is 21.3 Å². The van der Waals surface area contributed by atoms with Gasteiger partial charge in [0.25, 0.3) is 0 Å². The van der Waals surface area contributed by atoms with E-state index in [1.165, 1.54) is 36.8 Å². The van der Waals surface area contributed by atoms with E-state index in [2.05, 4.69) is 30.4 Å². The maximum absolute atomic E-state index is 5.29. The summed E-state index contributed by atoms with van der Waals surface area (Å²) in [4.78, 5) is 0. The summed E-state index contributed by atoms with van der Waals surface area (Å²) in [5, 5.41) is 3.62. The lowest BCUT2D eigenvalue weighted by atomic mass is 10.00. The SMILES string of the molecule is COc1ccc(C2CCCCCN2)cc1C. The van der Waals surface area contributed by atoms with Crippen molar-refractivity contribution < 1.29 is 4.74 Å². The molecule has 0 bridgehead atoms. The van der Waals surface area contributed by atoms with E-state index in [0.29, 0.717) is 6.04 Å². The molecule has 1 N–H and O–H groups in total. The van der Waals surface area contributed by atoms with Crippen LogP contribution in [0.15, 0.2) is 18.2 Å². The lowest BCUT2D eigenvalue weighted by Crippen LogP contribution is -2.20. The normalized spacial score (nSPS) is 21.5. The molecule has 0 aliphatic carbocycles. The van der Waals surface area contributed by atoms with Gasteiger partial charge in [-0.3, -0.25) is 0 Å². The first-order valence-corrected chi connectivity index (χ1v) is 6.19. The van der Waals surface area contributed by atoms with Gasteiger partial charge >= 0.3 is 0 Å². The minimum absolute atomic E-state index is 0.534. The molecular formula is C14H21NO. The maximum atomic E-state index is 5.29. The summed E-state index contributed by atoms with van der Waals surface area (Å²) in [6, 6.07) is 7.06. The summed E-state index contributed by atoms with van der Waals surface area (Å²) < 4.78 is 5.29. The number of ether oxygens (including phenoxy) is 1. The van der Waals surface area contributed by atoms with Crippen LogP contribution in [0.1, 0.15) is 42.9 Å². The zero-order valence-electron chi connectivity index (χ0n) is 10.3. The van der Waals surface area contributed by atoms with Gasteiger partial charge in [-0.15, -0.1) is 0 Å². The molecule has 0 spiro atoms. The summed E-state index contributed by atoms with van der Waals surface area (Å²) in [7, 11) is 1.73. The fourth-order valence-corrected chi connectivity index (χ4v) is 2.43. The van der Waals surface area contributed by atoms with Crippen molar-refractivity contribution in [1.82, 2.24) is 5.32 Å². The van der Waals surface area contributed by atoms with Crippen LogP contribution in [0.3, 0.4) is 0 Å². The number of rotatable bonds is 2. The molecule has 1 aliphatic heterocycles. The summed E-state index contributed by atoms with van der Waals surface area (Å²) in [5.74, 6) is 0.984. The summed E-state index contributed by atoms with van der Waals surface area (Å²) in [6.07, 6.45) is 5.26. The van der Waals surface area contributed by atoms with Gasteiger partial charge in [-0.25, -0.2) is 0 Å². The van der Waals surface area contributed by atoms with E-state index in [4.69, 9.17) is 4.74 Å². The zero-order valence-corrected chi connectivity index (χ0v) is 10.3. The summed E-state index contributed by atoms with van der Waals surface area (Å²) in [6.45, 7) is 3.26. The highest BCUT2D eigenvalue weighted by molar-refractivity contribution is 5.37. The van der Waals surface area contributed by atoms with Gasteiger partial charge < -0.3 is 10.1 Å². The second kappa shape index (κ2) is 5.35. The van der Waals surface area contributed by atoms with Gasteiger partial charge in [-0.1, -0.05) is 25.0 Å².